The number of hydrogen-bond donors (Lipinski definition) is 1. The van der Waals surface area contributed by atoms with Crippen LogP contribution >= 0.6 is 11.6 Å². The van der Waals surface area contributed by atoms with Gasteiger partial charge in [0.1, 0.15) is 0 Å². The first-order valence-corrected chi connectivity index (χ1v) is 9.88. The molecule has 0 aromatic heterocycles. The summed E-state index contributed by atoms with van der Waals surface area (Å²) in [6, 6.07) is 10.9. The third kappa shape index (κ3) is 5.24. The number of carbonyl (C=O) groups excluding carboxylic acids is 2. The average Bonchev–Trinajstić information content (AvgIpc) is 3.06. The fraction of sp³-hybridized carbons (Fsp3) is 0.261. The molecule has 1 heterocycles. The minimum absolute atomic E-state index is 0.0173. The van der Waals surface area contributed by atoms with E-state index in [1.54, 1.807) is 12.1 Å². The van der Waals surface area contributed by atoms with E-state index < -0.39 is 11.9 Å². The van der Waals surface area contributed by atoms with Gasteiger partial charge in [0.15, 0.2) is 23.8 Å². The fourth-order valence-electron chi connectivity index (χ4n) is 2.91. The van der Waals surface area contributed by atoms with E-state index in [1.807, 2.05) is 24.3 Å². The van der Waals surface area contributed by atoms with Crippen molar-refractivity contribution in [1.82, 2.24) is 0 Å². The topological polar surface area (TPSA) is 100 Å². The summed E-state index contributed by atoms with van der Waals surface area (Å²) >= 11 is 6.26. The van der Waals surface area contributed by atoms with Gasteiger partial charge in [-0.3, -0.25) is 4.79 Å². The quantitative estimate of drug-likeness (QED) is 0.541. The van der Waals surface area contributed by atoms with Gasteiger partial charge in [0.2, 0.25) is 5.90 Å². The Morgan fingerprint density at radius 2 is 1.90 bits per heavy atom. The summed E-state index contributed by atoms with van der Waals surface area (Å²) in [5.41, 5.74) is 7.66. The molecule has 0 atom stereocenters. The highest BCUT2D eigenvalue weighted by Crippen LogP contribution is 2.37. The Hall–Kier alpha value is -3.32. The van der Waals surface area contributed by atoms with Crippen molar-refractivity contribution in [3.8, 4) is 11.5 Å². The number of nitrogens with two attached hydrogens (primary N) is 1. The molecule has 0 aliphatic carbocycles. The fourth-order valence-corrected chi connectivity index (χ4v) is 3.18. The van der Waals surface area contributed by atoms with Gasteiger partial charge in [0.05, 0.1) is 12.1 Å². The Labute approximate surface area is 185 Å². The Balaban J connectivity index is 1.89. The molecule has 31 heavy (non-hydrogen) atoms. The zero-order valence-electron chi connectivity index (χ0n) is 17.7. The van der Waals surface area contributed by atoms with Crippen molar-refractivity contribution >= 4 is 35.5 Å². The van der Waals surface area contributed by atoms with Crippen LogP contribution in [0.3, 0.4) is 0 Å². The lowest BCUT2D eigenvalue weighted by Gasteiger charge is -2.18. The van der Waals surface area contributed by atoms with Gasteiger partial charge in [-0.1, -0.05) is 44.5 Å². The Morgan fingerprint density at radius 3 is 2.48 bits per heavy atom. The summed E-state index contributed by atoms with van der Waals surface area (Å²) in [5, 5.41) is 0.195. The van der Waals surface area contributed by atoms with Crippen LogP contribution in [0, 0.1) is 0 Å². The number of esters is 1. The van der Waals surface area contributed by atoms with E-state index in [1.165, 1.54) is 13.2 Å². The van der Waals surface area contributed by atoms with E-state index in [2.05, 4.69) is 25.8 Å². The van der Waals surface area contributed by atoms with Crippen molar-refractivity contribution in [1.29, 1.82) is 0 Å². The van der Waals surface area contributed by atoms with E-state index in [-0.39, 0.29) is 40.1 Å². The van der Waals surface area contributed by atoms with E-state index in [9.17, 15) is 9.59 Å². The second kappa shape index (κ2) is 8.81. The highest BCUT2D eigenvalue weighted by Gasteiger charge is 2.25. The maximum Gasteiger partial charge on any atom is 0.363 e. The number of primary amides is 1. The van der Waals surface area contributed by atoms with Gasteiger partial charge in [0.25, 0.3) is 5.91 Å². The molecule has 1 aliphatic rings. The number of cyclic esters (lactones) is 1. The van der Waals surface area contributed by atoms with E-state index in [0.717, 1.165) is 5.56 Å². The van der Waals surface area contributed by atoms with Crippen LogP contribution in [-0.2, 0) is 19.7 Å². The van der Waals surface area contributed by atoms with E-state index in [4.69, 9.17) is 31.5 Å². The molecule has 8 heteroatoms. The average molecular weight is 443 g/mol. The SMILES string of the molecule is COc1cc(C=C2N=C(c3ccc(C(C)(C)C)cc3)OC2=O)cc(Cl)c1OCC(N)=O. The first kappa shape index (κ1) is 22.4. The number of benzene rings is 2. The van der Waals surface area contributed by atoms with Crippen LogP contribution < -0.4 is 15.2 Å². The van der Waals surface area contributed by atoms with Crippen molar-refractivity contribution in [3.05, 3.63) is 63.8 Å². The first-order chi connectivity index (χ1) is 14.6. The van der Waals surface area contributed by atoms with Gasteiger partial charge in [-0.25, -0.2) is 9.79 Å². The minimum atomic E-state index is -0.643. The van der Waals surface area contributed by atoms with Crippen LogP contribution in [0.2, 0.25) is 5.02 Å². The van der Waals surface area contributed by atoms with E-state index >= 15 is 0 Å². The molecule has 7 nitrogen and oxygen atoms in total. The number of rotatable bonds is 6. The summed E-state index contributed by atoms with van der Waals surface area (Å²) in [4.78, 5) is 27.6. The number of hydrogen-bond acceptors (Lipinski definition) is 6. The summed E-state index contributed by atoms with van der Waals surface area (Å²) in [7, 11) is 1.43. The van der Waals surface area contributed by atoms with Crippen LogP contribution in [0.4, 0.5) is 0 Å². The van der Waals surface area contributed by atoms with Crippen molar-refractivity contribution in [2.75, 3.05) is 13.7 Å². The second-order valence-corrected chi connectivity index (χ2v) is 8.36. The van der Waals surface area contributed by atoms with Gasteiger partial charge < -0.3 is 19.9 Å². The summed E-state index contributed by atoms with van der Waals surface area (Å²) in [6.45, 7) is 6.03. The van der Waals surface area contributed by atoms with Crippen molar-refractivity contribution in [2.24, 2.45) is 10.7 Å². The molecule has 0 fully saturated rings. The summed E-state index contributed by atoms with van der Waals surface area (Å²) in [5.74, 6) is -0.512. The molecule has 0 bridgehead atoms. The number of halogens is 1. The zero-order chi connectivity index (χ0) is 22.8. The van der Waals surface area contributed by atoms with E-state index in [0.29, 0.717) is 11.1 Å². The maximum atomic E-state index is 12.3. The van der Waals surface area contributed by atoms with Crippen LogP contribution in [0.15, 0.2) is 47.1 Å². The molecular weight excluding hydrogens is 420 g/mol. The lowest BCUT2D eigenvalue weighted by atomic mass is 9.87. The minimum Gasteiger partial charge on any atom is -0.493 e. The molecule has 0 saturated heterocycles. The molecule has 3 rings (SSSR count). The Bertz CT molecular complexity index is 1080. The van der Waals surface area contributed by atoms with Crippen LogP contribution in [-0.4, -0.2) is 31.5 Å². The van der Waals surface area contributed by atoms with Gasteiger partial charge in [0, 0.05) is 5.56 Å². The molecular formula is C23H23ClN2O5. The second-order valence-electron chi connectivity index (χ2n) is 7.95. The summed E-state index contributed by atoms with van der Waals surface area (Å²) < 4.78 is 15.9. The Morgan fingerprint density at radius 1 is 1.23 bits per heavy atom. The predicted octanol–water partition coefficient (Wildman–Crippen LogP) is 3.85. The van der Waals surface area contributed by atoms with Crippen LogP contribution in [0.1, 0.15) is 37.5 Å². The predicted molar refractivity (Wildman–Crippen MR) is 118 cm³/mol. The van der Waals surface area contributed by atoms with Gasteiger partial charge >= 0.3 is 5.97 Å². The van der Waals surface area contributed by atoms with Crippen LogP contribution in [0.5, 0.6) is 11.5 Å². The number of ether oxygens (including phenoxy) is 3. The van der Waals surface area contributed by atoms with Crippen molar-refractivity contribution in [3.63, 3.8) is 0 Å². The highest BCUT2D eigenvalue weighted by molar-refractivity contribution is 6.32. The maximum absolute atomic E-state index is 12.3. The molecule has 0 saturated carbocycles. The Kier molecular flexibility index (Phi) is 6.36. The zero-order valence-corrected chi connectivity index (χ0v) is 18.4. The molecule has 0 unspecified atom stereocenters. The highest BCUT2D eigenvalue weighted by atomic mass is 35.5. The molecule has 2 aromatic carbocycles. The largest absolute Gasteiger partial charge is 0.493 e. The smallest absolute Gasteiger partial charge is 0.363 e. The van der Waals surface area contributed by atoms with Crippen molar-refractivity contribution < 1.29 is 23.8 Å². The molecule has 1 amide bonds. The molecule has 2 N–H and O–H groups in total. The van der Waals surface area contributed by atoms with Gasteiger partial charge in [-0.15, -0.1) is 0 Å². The normalized spacial score (nSPS) is 14.9. The standard InChI is InChI=1S/C23H23ClN2O5/c1-23(2,3)15-7-5-14(6-8-15)21-26-17(22(28)31-21)10-13-9-16(24)20(18(11-13)29-4)30-12-19(25)27/h5-11H,12H2,1-4H3,(H2,25,27). The molecule has 162 valence electrons. The molecule has 1 aliphatic heterocycles. The van der Waals surface area contributed by atoms with Crippen molar-refractivity contribution in [2.45, 2.75) is 26.2 Å². The molecule has 0 spiro atoms. The number of carbonyl (C=O) groups is 2. The monoisotopic (exact) mass is 442 g/mol. The van der Waals surface area contributed by atoms with Gasteiger partial charge in [-0.2, -0.15) is 0 Å². The molecule has 2 aromatic rings. The lowest BCUT2D eigenvalue weighted by Crippen LogP contribution is -2.20. The number of amides is 1. The van der Waals surface area contributed by atoms with Crippen LogP contribution in [0.25, 0.3) is 6.08 Å². The third-order valence-corrected chi connectivity index (χ3v) is 4.81. The lowest BCUT2D eigenvalue weighted by molar-refractivity contribution is -0.130. The van der Waals surface area contributed by atoms with Gasteiger partial charge in [-0.05, 0) is 46.9 Å². The summed E-state index contributed by atoms with van der Waals surface area (Å²) in [6.07, 6.45) is 1.53. The number of aliphatic imine (C=N–C) groups is 1. The first-order valence-electron chi connectivity index (χ1n) is 9.50. The third-order valence-electron chi connectivity index (χ3n) is 4.53. The number of nitrogens with zero attached hydrogens (tertiary/aromatic N) is 1. The molecule has 0 radical (unpaired) electrons. The number of methoxy groups -OCH3 is 1.